The van der Waals surface area contributed by atoms with Crippen LogP contribution in [0.15, 0.2) is 108 Å². The number of carbonyl (C=O) groups excluding carboxylic acids is 1. The highest BCUT2D eigenvalue weighted by Crippen LogP contribution is 2.42. The van der Waals surface area contributed by atoms with E-state index in [1.807, 2.05) is 78.9 Å². The summed E-state index contributed by atoms with van der Waals surface area (Å²) < 4.78 is 0. The lowest BCUT2D eigenvalue weighted by molar-refractivity contribution is 0.565. The van der Waals surface area contributed by atoms with Gasteiger partial charge in [-0.2, -0.15) is 4.99 Å². The van der Waals surface area contributed by atoms with Crippen molar-refractivity contribution in [1.29, 1.82) is 0 Å². The highest BCUT2D eigenvalue weighted by Gasteiger charge is 2.15. The highest BCUT2D eigenvalue weighted by atomic mass is 16.1. The topological polar surface area (TPSA) is 29.4 Å². The van der Waals surface area contributed by atoms with Crippen molar-refractivity contribution in [3.63, 3.8) is 0 Å². The van der Waals surface area contributed by atoms with Gasteiger partial charge in [0.05, 0.1) is 5.69 Å². The molecule has 0 saturated carbocycles. The first kappa shape index (κ1) is 16.7. The SMILES string of the molecule is O=C=Nc1c(-c2ccccc2)cc(-c2ccccc2)cc1-c1ccccc1. The van der Waals surface area contributed by atoms with Gasteiger partial charge in [0.1, 0.15) is 0 Å². The minimum atomic E-state index is 0.641. The molecule has 0 radical (unpaired) electrons. The number of benzene rings is 4. The lowest BCUT2D eigenvalue weighted by Gasteiger charge is -2.14. The molecule has 0 bridgehead atoms. The molecule has 2 nitrogen and oxygen atoms in total. The van der Waals surface area contributed by atoms with Gasteiger partial charge in [-0.15, -0.1) is 0 Å². The number of hydrogen-bond acceptors (Lipinski definition) is 2. The van der Waals surface area contributed by atoms with Crippen LogP contribution in [-0.2, 0) is 4.79 Å². The highest BCUT2D eigenvalue weighted by molar-refractivity contribution is 5.93. The molecule has 128 valence electrons. The number of nitrogens with zero attached hydrogens (tertiary/aromatic N) is 1. The largest absolute Gasteiger partial charge is 0.240 e. The van der Waals surface area contributed by atoms with E-state index in [0.717, 1.165) is 33.4 Å². The molecule has 0 unspecified atom stereocenters. The van der Waals surface area contributed by atoms with Crippen molar-refractivity contribution in [1.82, 2.24) is 0 Å². The maximum Gasteiger partial charge on any atom is 0.240 e. The first-order valence-corrected chi connectivity index (χ1v) is 8.79. The minimum absolute atomic E-state index is 0.641. The molecule has 0 saturated heterocycles. The summed E-state index contributed by atoms with van der Waals surface area (Å²) in [6.45, 7) is 0. The van der Waals surface area contributed by atoms with Crippen LogP contribution in [0.1, 0.15) is 0 Å². The van der Waals surface area contributed by atoms with Gasteiger partial charge in [0.25, 0.3) is 0 Å². The van der Waals surface area contributed by atoms with E-state index in [1.54, 1.807) is 6.08 Å². The van der Waals surface area contributed by atoms with Crippen molar-refractivity contribution < 1.29 is 4.79 Å². The standard InChI is InChI=1S/C25H17NO/c27-18-26-25-23(20-12-6-2-7-13-20)16-22(19-10-4-1-5-11-19)17-24(25)21-14-8-3-9-15-21/h1-17H. The van der Waals surface area contributed by atoms with E-state index in [9.17, 15) is 4.79 Å². The first-order valence-electron chi connectivity index (χ1n) is 8.79. The average molecular weight is 347 g/mol. The third-order valence-corrected chi connectivity index (χ3v) is 4.54. The van der Waals surface area contributed by atoms with E-state index in [1.165, 1.54) is 0 Å². The fourth-order valence-corrected chi connectivity index (χ4v) is 3.27. The van der Waals surface area contributed by atoms with Crippen LogP contribution < -0.4 is 0 Å². The number of rotatable bonds is 4. The molecule has 4 aromatic rings. The molecule has 0 heterocycles. The van der Waals surface area contributed by atoms with Crippen LogP contribution in [0.3, 0.4) is 0 Å². The number of aliphatic imine (C=N–C) groups is 1. The Kier molecular flexibility index (Phi) is 4.74. The summed E-state index contributed by atoms with van der Waals surface area (Å²) in [6, 6.07) is 34.4. The van der Waals surface area contributed by atoms with Crippen LogP contribution in [0.5, 0.6) is 0 Å². The average Bonchev–Trinajstić information content (AvgIpc) is 2.76. The van der Waals surface area contributed by atoms with E-state index < -0.39 is 0 Å². The minimum Gasteiger partial charge on any atom is -0.211 e. The second-order valence-electron chi connectivity index (χ2n) is 6.22. The molecule has 4 aromatic carbocycles. The molecule has 4 rings (SSSR count). The van der Waals surface area contributed by atoms with Gasteiger partial charge in [0.15, 0.2) is 0 Å². The Labute approximate surface area is 158 Å². The molecule has 0 aliphatic heterocycles. The fraction of sp³-hybridized carbons (Fsp3) is 0. The second-order valence-corrected chi connectivity index (χ2v) is 6.22. The Morgan fingerprint density at radius 3 is 1.33 bits per heavy atom. The molecular weight excluding hydrogens is 330 g/mol. The quantitative estimate of drug-likeness (QED) is 0.300. The third kappa shape index (κ3) is 3.48. The zero-order valence-electron chi connectivity index (χ0n) is 14.7. The summed E-state index contributed by atoms with van der Waals surface area (Å²) in [5, 5.41) is 0. The zero-order chi connectivity index (χ0) is 18.5. The van der Waals surface area contributed by atoms with Crippen molar-refractivity contribution in [2.45, 2.75) is 0 Å². The summed E-state index contributed by atoms with van der Waals surface area (Å²) in [5.74, 6) is 0. The van der Waals surface area contributed by atoms with Gasteiger partial charge in [-0.25, -0.2) is 4.79 Å². The smallest absolute Gasteiger partial charge is 0.211 e. The predicted molar refractivity (Wildman–Crippen MR) is 111 cm³/mol. The van der Waals surface area contributed by atoms with Gasteiger partial charge in [0, 0.05) is 11.1 Å². The molecule has 0 N–H and O–H groups in total. The van der Waals surface area contributed by atoms with E-state index in [4.69, 9.17) is 0 Å². The number of isocyanates is 1. The van der Waals surface area contributed by atoms with Gasteiger partial charge in [-0.1, -0.05) is 91.0 Å². The molecular formula is C25H17NO. The van der Waals surface area contributed by atoms with Crippen LogP contribution in [0.4, 0.5) is 5.69 Å². The first-order chi connectivity index (χ1) is 13.4. The van der Waals surface area contributed by atoms with E-state index in [2.05, 4.69) is 29.3 Å². The summed E-state index contributed by atoms with van der Waals surface area (Å²) in [7, 11) is 0. The van der Waals surface area contributed by atoms with Crippen molar-refractivity contribution in [2.24, 2.45) is 4.99 Å². The van der Waals surface area contributed by atoms with Gasteiger partial charge in [0.2, 0.25) is 6.08 Å². The van der Waals surface area contributed by atoms with Gasteiger partial charge < -0.3 is 0 Å². The van der Waals surface area contributed by atoms with Gasteiger partial charge in [-0.05, 0) is 34.4 Å². The molecule has 0 fully saturated rings. The lowest BCUT2D eigenvalue weighted by Crippen LogP contribution is -1.88. The molecule has 2 heteroatoms. The van der Waals surface area contributed by atoms with Crippen LogP contribution in [0, 0.1) is 0 Å². The molecule has 0 amide bonds. The summed E-state index contributed by atoms with van der Waals surface area (Å²) in [5.41, 5.74) is 6.70. The van der Waals surface area contributed by atoms with Crippen LogP contribution in [-0.4, -0.2) is 6.08 Å². The molecule has 0 spiro atoms. The van der Waals surface area contributed by atoms with Gasteiger partial charge >= 0.3 is 0 Å². The van der Waals surface area contributed by atoms with E-state index >= 15 is 0 Å². The van der Waals surface area contributed by atoms with Crippen molar-refractivity contribution in [3.8, 4) is 33.4 Å². The lowest BCUT2D eigenvalue weighted by atomic mass is 9.91. The molecule has 0 aromatic heterocycles. The Morgan fingerprint density at radius 1 is 0.519 bits per heavy atom. The fourth-order valence-electron chi connectivity index (χ4n) is 3.27. The van der Waals surface area contributed by atoms with Crippen molar-refractivity contribution >= 4 is 11.8 Å². The normalized spacial score (nSPS) is 10.2. The Hall–Kier alpha value is -3.74. The van der Waals surface area contributed by atoms with E-state index in [-0.39, 0.29) is 0 Å². The summed E-state index contributed by atoms with van der Waals surface area (Å²) in [4.78, 5) is 15.3. The molecule has 0 atom stereocenters. The third-order valence-electron chi connectivity index (χ3n) is 4.54. The second kappa shape index (κ2) is 7.65. The Balaban J connectivity index is 2.06. The van der Waals surface area contributed by atoms with Crippen molar-refractivity contribution in [3.05, 3.63) is 103 Å². The molecule has 0 aliphatic rings. The Morgan fingerprint density at radius 2 is 0.926 bits per heavy atom. The number of hydrogen-bond donors (Lipinski definition) is 0. The summed E-state index contributed by atoms with van der Waals surface area (Å²) >= 11 is 0. The van der Waals surface area contributed by atoms with Crippen LogP contribution in [0.25, 0.3) is 33.4 Å². The Bertz CT molecular complexity index is 1040. The van der Waals surface area contributed by atoms with Crippen LogP contribution in [0.2, 0.25) is 0 Å². The van der Waals surface area contributed by atoms with E-state index in [0.29, 0.717) is 5.69 Å². The molecule has 27 heavy (non-hydrogen) atoms. The maximum atomic E-state index is 11.2. The van der Waals surface area contributed by atoms with Crippen LogP contribution >= 0.6 is 0 Å². The van der Waals surface area contributed by atoms with Crippen molar-refractivity contribution in [2.75, 3.05) is 0 Å². The maximum absolute atomic E-state index is 11.2. The monoisotopic (exact) mass is 347 g/mol. The molecule has 0 aliphatic carbocycles. The summed E-state index contributed by atoms with van der Waals surface area (Å²) in [6.07, 6.45) is 1.74. The predicted octanol–water partition coefficient (Wildman–Crippen LogP) is 6.65. The van der Waals surface area contributed by atoms with Gasteiger partial charge in [-0.3, -0.25) is 0 Å². The zero-order valence-corrected chi connectivity index (χ0v) is 14.7.